The molecule has 0 saturated carbocycles. The molecule has 1 amide bonds. The summed E-state index contributed by atoms with van der Waals surface area (Å²) in [6, 6.07) is 24.1. The van der Waals surface area contributed by atoms with Crippen molar-refractivity contribution < 1.29 is 9.18 Å². The van der Waals surface area contributed by atoms with Crippen LogP contribution in [0.1, 0.15) is 10.4 Å². The first-order chi connectivity index (χ1) is 14.2. The van der Waals surface area contributed by atoms with E-state index in [0.717, 1.165) is 11.3 Å². The lowest BCUT2D eigenvalue weighted by Gasteiger charge is -2.09. The van der Waals surface area contributed by atoms with Crippen LogP contribution in [0.25, 0.3) is 11.4 Å². The molecular weight excluding hydrogens is 367 g/mol. The van der Waals surface area contributed by atoms with Crippen LogP contribution in [0.4, 0.5) is 21.6 Å². The zero-order chi connectivity index (χ0) is 20.1. The lowest BCUT2D eigenvalue weighted by Crippen LogP contribution is -2.11. The van der Waals surface area contributed by atoms with Crippen LogP contribution in [0.2, 0.25) is 0 Å². The molecule has 4 rings (SSSR count). The zero-order valence-corrected chi connectivity index (χ0v) is 15.3. The normalized spacial score (nSPS) is 10.4. The van der Waals surface area contributed by atoms with E-state index < -0.39 is 0 Å². The molecule has 0 saturated heterocycles. The molecule has 0 atom stereocenters. The molecule has 29 heavy (non-hydrogen) atoms. The molecule has 0 aliphatic heterocycles. The molecule has 0 bridgehead atoms. The number of rotatable bonds is 5. The molecule has 1 heterocycles. The smallest absolute Gasteiger partial charge is 0.255 e. The topological polar surface area (TPSA) is 66.9 Å². The first kappa shape index (κ1) is 18.3. The van der Waals surface area contributed by atoms with E-state index in [9.17, 15) is 9.18 Å². The maximum atomic E-state index is 13.0. The molecule has 0 radical (unpaired) electrons. The van der Waals surface area contributed by atoms with E-state index in [-0.39, 0.29) is 11.7 Å². The molecule has 0 fully saturated rings. The molecule has 0 aliphatic carbocycles. The van der Waals surface area contributed by atoms with E-state index in [4.69, 9.17) is 0 Å². The van der Waals surface area contributed by atoms with Crippen molar-refractivity contribution in [3.63, 3.8) is 0 Å². The van der Waals surface area contributed by atoms with Gasteiger partial charge in [-0.3, -0.25) is 4.79 Å². The van der Waals surface area contributed by atoms with Gasteiger partial charge in [0.25, 0.3) is 5.91 Å². The highest BCUT2D eigenvalue weighted by molar-refractivity contribution is 6.04. The van der Waals surface area contributed by atoms with Crippen molar-refractivity contribution >= 4 is 23.1 Å². The fourth-order valence-corrected chi connectivity index (χ4v) is 2.74. The van der Waals surface area contributed by atoms with Crippen molar-refractivity contribution in [3.8, 4) is 11.4 Å². The van der Waals surface area contributed by atoms with Crippen LogP contribution in [0, 0.1) is 5.82 Å². The van der Waals surface area contributed by atoms with Crippen molar-refractivity contribution in [3.05, 3.63) is 103 Å². The number of halogens is 1. The standard InChI is InChI=1S/C23H17FN4O/c24-18-8-12-20(13-9-18)27-23(29)17-6-10-19(11-7-17)26-21-14-15-25-22(28-21)16-4-2-1-3-5-16/h1-15H,(H,27,29)(H,25,26,28). The van der Waals surface area contributed by atoms with Gasteiger partial charge in [0.1, 0.15) is 11.6 Å². The summed E-state index contributed by atoms with van der Waals surface area (Å²) in [4.78, 5) is 21.2. The Balaban J connectivity index is 1.44. The number of nitrogens with zero attached hydrogens (tertiary/aromatic N) is 2. The number of carbonyl (C=O) groups is 1. The van der Waals surface area contributed by atoms with Crippen molar-refractivity contribution in [1.29, 1.82) is 0 Å². The summed E-state index contributed by atoms with van der Waals surface area (Å²) in [5, 5.41) is 5.95. The van der Waals surface area contributed by atoms with Crippen LogP contribution in [-0.2, 0) is 0 Å². The lowest BCUT2D eigenvalue weighted by atomic mass is 10.2. The monoisotopic (exact) mass is 384 g/mol. The molecule has 1 aromatic heterocycles. The average molecular weight is 384 g/mol. The van der Waals surface area contributed by atoms with Crippen LogP contribution in [0.5, 0.6) is 0 Å². The molecule has 2 N–H and O–H groups in total. The van der Waals surface area contributed by atoms with Crippen LogP contribution in [0.3, 0.4) is 0 Å². The molecule has 0 unspecified atom stereocenters. The minimum Gasteiger partial charge on any atom is -0.340 e. The second-order valence-electron chi connectivity index (χ2n) is 6.29. The number of nitrogens with one attached hydrogen (secondary N) is 2. The van der Waals surface area contributed by atoms with Crippen molar-refractivity contribution in [1.82, 2.24) is 9.97 Å². The molecular formula is C23H17FN4O. The van der Waals surface area contributed by atoms with Gasteiger partial charge >= 0.3 is 0 Å². The Kier molecular flexibility index (Phi) is 5.25. The van der Waals surface area contributed by atoms with E-state index in [1.165, 1.54) is 24.3 Å². The molecule has 0 spiro atoms. The third kappa shape index (κ3) is 4.62. The number of amides is 1. The SMILES string of the molecule is O=C(Nc1ccc(F)cc1)c1ccc(Nc2ccnc(-c3ccccc3)n2)cc1. The van der Waals surface area contributed by atoms with Crippen molar-refractivity contribution in [2.24, 2.45) is 0 Å². The predicted octanol–water partition coefficient (Wildman–Crippen LogP) is 5.28. The minimum atomic E-state index is -0.349. The van der Waals surface area contributed by atoms with E-state index in [1.54, 1.807) is 36.5 Å². The van der Waals surface area contributed by atoms with Gasteiger partial charge in [-0.2, -0.15) is 0 Å². The second-order valence-corrected chi connectivity index (χ2v) is 6.29. The molecule has 4 aromatic rings. The maximum absolute atomic E-state index is 13.0. The Morgan fingerprint density at radius 3 is 2.21 bits per heavy atom. The number of benzene rings is 3. The fourth-order valence-electron chi connectivity index (χ4n) is 2.74. The van der Waals surface area contributed by atoms with Gasteiger partial charge in [-0.25, -0.2) is 14.4 Å². The summed E-state index contributed by atoms with van der Waals surface area (Å²) < 4.78 is 13.0. The summed E-state index contributed by atoms with van der Waals surface area (Å²) in [6.07, 6.45) is 1.70. The largest absolute Gasteiger partial charge is 0.340 e. The van der Waals surface area contributed by atoms with Crippen molar-refractivity contribution in [2.45, 2.75) is 0 Å². The first-order valence-electron chi connectivity index (χ1n) is 9.00. The Hall–Kier alpha value is -4.06. The Morgan fingerprint density at radius 1 is 0.793 bits per heavy atom. The third-order valence-corrected chi connectivity index (χ3v) is 4.21. The Labute approximate surface area is 167 Å². The predicted molar refractivity (Wildman–Crippen MR) is 112 cm³/mol. The van der Waals surface area contributed by atoms with E-state index in [1.807, 2.05) is 30.3 Å². The summed E-state index contributed by atoms with van der Waals surface area (Å²) in [6.45, 7) is 0. The quantitative estimate of drug-likeness (QED) is 0.491. The van der Waals surface area contributed by atoms with Gasteiger partial charge in [0.15, 0.2) is 5.82 Å². The number of hydrogen-bond donors (Lipinski definition) is 2. The number of carbonyl (C=O) groups excluding carboxylic acids is 1. The van der Waals surface area contributed by atoms with E-state index >= 15 is 0 Å². The van der Waals surface area contributed by atoms with Crippen LogP contribution < -0.4 is 10.6 Å². The van der Waals surface area contributed by atoms with Gasteiger partial charge in [0, 0.05) is 28.7 Å². The molecule has 3 aromatic carbocycles. The molecule has 5 nitrogen and oxygen atoms in total. The summed E-state index contributed by atoms with van der Waals surface area (Å²) in [5.41, 5.74) is 2.76. The van der Waals surface area contributed by atoms with E-state index in [2.05, 4.69) is 20.6 Å². The summed E-state index contributed by atoms with van der Waals surface area (Å²) in [5.74, 6) is 0.670. The Bertz CT molecular complexity index is 1110. The lowest BCUT2D eigenvalue weighted by molar-refractivity contribution is 0.102. The van der Waals surface area contributed by atoms with Gasteiger partial charge in [0.2, 0.25) is 0 Å². The third-order valence-electron chi connectivity index (χ3n) is 4.21. The van der Waals surface area contributed by atoms with Crippen molar-refractivity contribution in [2.75, 3.05) is 10.6 Å². The fraction of sp³-hybridized carbons (Fsp3) is 0. The van der Waals surface area contributed by atoms with Gasteiger partial charge in [-0.15, -0.1) is 0 Å². The van der Waals surface area contributed by atoms with Crippen LogP contribution in [0.15, 0.2) is 91.1 Å². The highest BCUT2D eigenvalue weighted by atomic mass is 19.1. The van der Waals surface area contributed by atoms with Gasteiger partial charge in [0.05, 0.1) is 0 Å². The van der Waals surface area contributed by atoms with Crippen LogP contribution in [-0.4, -0.2) is 15.9 Å². The number of hydrogen-bond acceptors (Lipinski definition) is 4. The molecule has 0 aliphatic rings. The van der Waals surface area contributed by atoms with Gasteiger partial charge < -0.3 is 10.6 Å². The zero-order valence-electron chi connectivity index (χ0n) is 15.3. The summed E-state index contributed by atoms with van der Waals surface area (Å²) in [7, 11) is 0. The first-order valence-corrected chi connectivity index (χ1v) is 9.00. The highest BCUT2D eigenvalue weighted by Gasteiger charge is 2.07. The maximum Gasteiger partial charge on any atom is 0.255 e. The molecule has 6 heteroatoms. The van der Waals surface area contributed by atoms with Gasteiger partial charge in [-0.1, -0.05) is 30.3 Å². The van der Waals surface area contributed by atoms with Gasteiger partial charge in [-0.05, 0) is 54.6 Å². The minimum absolute atomic E-state index is 0.267. The Morgan fingerprint density at radius 2 is 1.48 bits per heavy atom. The highest BCUT2D eigenvalue weighted by Crippen LogP contribution is 2.19. The number of aromatic nitrogens is 2. The average Bonchev–Trinajstić information content (AvgIpc) is 2.77. The second kappa shape index (κ2) is 8.31. The number of anilines is 3. The van der Waals surface area contributed by atoms with Crippen LogP contribution >= 0.6 is 0 Å². The van der Waals surface area contributed by atoms with E-state index in [0.29, 0.717) is 22.9 Å². The molecule has 142 valence electrons. The summed E-state index contributed by atoms with van der Waals surface area (Å²) >= 11 is 0.